The quantitative estimate of drug-likeness (QED) is 0.624. The molecule has 6 heteroatoms. The fourth-order valence-corrected chi connectivity index (χ4v) is 2.21. The van der Waals surface area contributed by atoms with Gasteiger partial charge in [0.05, 0.1) is 19.2 Å². The standard InChI is InChI=1S/C19H22N2O4/c1-13-7-8-14(2)17(11-13)25-10-9-20-19(23)21-16-6-4-5-15(12-16)18(22)24-3/h4-8,11-12H,9-10H2,1-3H3,(H2,20,21,23). The van der Waals surface area contributed by atoms with E-state index in [2.05, 4.69) is 15.4 Å². The molecule has 2 aromatic rings. The number of anilines is 1. The highest BCUT2D eigenvalue weighted by atomic mass is 16.5. The van der Waals surface area contributed by atoms with Crippen LogP contribution in [0.3, 0.4) is 0 Å². The average Bonchev–Trinajstić information content (AvgIpc) is 2.61. The number of benzene rings is 2. The molecule has 0 radical (unpaired) electrons. The number of hydrogen-bond acceptors (Lipinski definition) is 4. The number of carbonyl (C=O) groups excluding carboxylic acids is 2. The SMILES string of the molecule is COC(=O)c1cccc(NC(=O)NCCOc2cc(C)ccc2C)c1. The minimum Gasteiger partial charge on any atom is -0.491 e. The molecule has 0 aliphatic heterocycles. The molecular weight excluding hydrogens is 320 g/mol. The zero-order valence-electron chi connectivity index (χ0n) is 14.6. The molecule has 132 valence electrons. The number of rotatable bonds is 6. The first-order valence-electron chi connectivity index (χ1n) is 7.93. The van der Waals surface area contributed by atoms with Crippen LogP contribution in [-0.4, -0.2) is 32.3 Å². The van der Waals surface area contributed by atoms with E-state index < -0.39 is 5.97 Å². The van der Waals surface area contributed by atoms with E-state index >= 15 is 0 Å². The van der Waals surface area contributed by atoms with Gasteiger partial charge in [-0.05, 0) is 49.2 Å². The van der Waals surface area contributed by atoms with E-state index in [9.17, 15) is 9.59 Å². The Morgan fingerprint density at radius 3 is 2.64 bits per heavy atom. The van der Waals surface area contributed by atoms with Gasteiger partial charge in [0, 0.05) is 5.69 Å². The molecular formula is C19H22N2O4. The van der Waals surface area contributed by atoms with Gasteiger partial charge in [-0.3, -0.25) is 0 Å². The third-order valence-corrected chi connectivity index (χ3v) is 3.53. The number of amides is 2. The van der Waals surface area contributed by atoms with Crippen molar-refractivity contribution < 1.29 is 19.1 Å². The summed E-state index contributed by atoms with van der Waals surface area (Å²) >= 11 is 0. The summed E-state index contributed by atoms with van der Waals surface area (Å²) in [4.78, 5) is 23.4. The summed E-state index contributed by atoms with van der Waals surface area (Å²) in [6.07, 6.45) is 0. The third-order valence-electron chi connectivity index (χ3n) is 3.53. The Hall–Kier alpha value is -3.02. The fraction of sp³-hybridized carbons (Fsp3) is 0.263. The van der Waals surface area contributed by atoms with Crippen LogP contribution >= 0.6 is 0 Å². The zero-order chi connectivity index (χ0) is 18.2. The average molecular weight is 342 g/mol. The van der Waals surface area contributed by atoms with Crippen LogP contribution in [0.25, 0.3) is 0 Å². The van der Waals surface area contributed by atoms with Gasteiger partial charge in [-0.15, -0.1) is 0 Å². The second-order valence-electron chi connectivity index (χ2n) is 5.57. The minimum absolute atomic E-state index is 0.357. The van der Waals surface area contributed by atoms with Crippen molar-refractivity contribution in [1.29, 1.82) is 0 Å². The molecule has 0 atom stereocenters. The number of hydrogen-bond donors (Lipinski definition) is 2. The number of aryl methyl sites for hydroxylation is 2. The number of esters is 1. The van der Waals surface area contributed by atoms with Gasteiger partial charge in [-0.1, -0.05) is 18.2 Å². The molecule has 0 fully saturated rings. The van der Waals surface area contributed by atoms with E-state index in [1.54, 1.807) is 24.3 Å². The van der Waals surface area contributed by atoms with Gasteiger partial charge in [-0.2, -0.15) is 0 Å². The molecule has 0 saturated heterocycles. The molecule has 0 aromatic heterocycles. The predicted molar refractivity (Wildman–Crippen MR) is 96.2 cm³/mol. The Bertz CT molecular complexity index is 759. The first kappa shape index (κ1) is 18.3. The van der Waals surface area contributed by atoms with Crippen molar-refractivity contribution >= 4 is 17.7 Å². The van der Waals surface area contributed by atoms with Crippen molar-refractivity contribution in [2.45, 2.75) is 13.8 Å². The topological polar surface area (TPSA) is 76.7 Å². The summed E-state index contributed by atoms with van der Waals surface area (Å²) in [5.74, 6) is 0.360. The molecule has 0 spiro atoms. The van der Waals surface area contributed by atoms with Gasteiger partial charge in [0.1, 0.15) is 12.4 Å². The van der Waals surface area contributed by atoms with Crippen molar-refractivity contribution in [2.24, 2.45) is 0 Å². The van der Waals surface area contributed by atoms with Gasteiger partial charge in [-0.25, -0.2) is 9.59 Å². The Balaban J connectivity index is 1.79. The first-order valence-corrected chi connectivity index (χ1v) is 7.93. The maximum absolute atomic E-state index is 11.9. The lowest BCUT2D eigenvalue weighted by atomic mass is 10.1. The largest absolute Gasteiger partial charge is 0.491 e. The van der Waals surface area contributed by atoms with Crippen LogP contribution in [0.1, 0.15) is 21.5 Å². The molecule has 0 heterocycles. The maximum atomic E-state index is 11.9. The summed E-state index contributed by atoms with van der Waals surface area (Å²) in [5.41, 5.74) is 3.06. The van der Waals surface area contributed by atoms with Crippen LogP contribution in [0.2, 0.25) is 0 Å². The molecule has 0 aliphatic carbocycles. The third kappa shape index (κ3) is 5.53. The molecule has 0 saturated carbocycles. The number of urea groups is 1. The van der Waals surface area contributed by atoms with E-state index in [0.717, 1.165) is 16.9 Å². The molecule has 2 aromatic carbocycles. The minimum atomic E-state index is -0.453. The van der Waals surface area contributed by atoms with Crippen molar-refractivity contribution in [1.82, 2.24) is 5.32 Å². The molecule has 0 bridgehead atoms. The van der Waals surface area contributed by atoms with Crippen LogP contribution in [-0.2, 0) is 4.74 Å². The molecule has 6 nitrogen and oxygen atoms in total. The molecule has 25 heavy (non-hydrogen) atoms. The highest BCUT2D eigenvalue weighted by Crippen LogP contribution is 2.18. The highest BCUT2D eigenvalue weighted by Gasteiger charge is 2.07. The summed E-state index contributed by atoms with van der Waals surface area (Å²) in [5, 5.41) is 5.37. The Morgan fingerprint density at radius 2 is 1.88 bits per heavy atom. The number of nitrogens with one attached hydrogen (secondary N) is 2. The summed E-state index contributed by atoms with van der Waals surface area (Å²) in [6.45, 7) is 4.69. The zero-order valence-corrected chi connectivity index (χ0v) is 14.6. The van der Waals surface area contributed by atoms with E-state index in [1.807, 2.05) is 32.0 Å². The van der Waals surface area contributed by atoms with Gasteiger partial charge in [0.15, 0.2) is 0 Å². The molecule has 2 amide bonds. The number of methoxy groups -OCH3 is 1. The molecule has 2 N–H and O–H groups in total. The van der Waals surface area contributed by atoms with E-state index in [-0.39, 0.29) is 6.03 Å². The van der Waals surface area contributed by atoms with Crippen molar-refractivity contribution in [2.75, 3.05) is 25.6 Å². The fourth-order valence-electron chi connectivity index (χ4n) is 2.21. The first-order chi connectivity index (χ1) is 12.0. The smallest absolute Gasteiger partial charge is 0.337 e. The number of ether oxygens (including phenoxy) is 2. The Kier molecular flexibility index (Phi) is 6.39. The lowest BCUT2D eigenvalue weighted by Gasteiger charge is -2.11. The van der Waals surface area contributed by atoms with E-state index in [0.29, 0.717) is 24.4 Å². The maximum Gasteiger partial charge on any atom is 0.337 e. The second kappa shape index (κ2) is 8.73. The van der Waals surface area contributed by atoms with Crippen molar-refractivity contribution in [3.8, 4) is 5.75 Å². The Morgan fingerprint density at radius 1 is 1.08 bits per heavy atom. The lowest BCUT2D eigenvalue weighted by molar-refractivity contribution is 0.0600. The van der Waals surface area contributed by atoms with Crippen LogP contribution in [0, 0.1) is 13.8 Å². The lowest BCUT2D eigenvalue weighted by Crippen LogP contribution is -2.32. The second-order valence-corrected chi connectivity index (χ2v) is 5.57. The van der Waals surface area contributed by atoms with Crippen molar-refractivity contribution in [3.05, 3.63) is 59.2 Å². The van der Waals surface area contributed by atoms with Gasteiger partial charge in [0.25, 0.3) is 0 Å². The van der Waals surface area contributed by atoms with Crippen LogP contribution in [0.15, 0.2) is 42.5 Å². The van der Waals surface area contributed by atoms with Crippen LogP contribution in [0.4, 0.5) is 10.5 Å². The molecule has 0 unspecified atom stereocenters. The van der Waals surface area contributed by atoms with Crippen LogP contribution in [0.5, 0.6) is 5.75 Å². The van der Waals surface area contributed by atoms with Crippen molar-refractivity contribution in [3.63, 3.8) is 0 Å². The monoisotopic (exact) mass is 342 g/mol. The van der Waals surface area contributed by atoms with E-state index in [4.69, 9.17) is 4.74 Å². The highest BCUT2D eigenvalue weighted by molar-refractivity contribution is 5.93. The molecule has 2 rings (SSSR count). The Labute approximate surface area is 147 Å². The number of carbonyl (C=O) groups is 2. The van der Waals surface area contributed by atoms with Gasteiger partial charge >= 0.3 is 12.0 Å². The van der Waals surface area contributed by atoms with Gasteiger partial charge < -0.3 is 20.1 Å². The molecule has 0 aliphatic rings. The summed E-state index contributed by atoms with van der Waals surface area (Å²) in [7, 11) is 1.31. The normalized spacial score (nSPS) is 10.0. The van der Waals surface area contributed by atoms with Crippen LogP contribution < -0.4 is 15.4 Å². The summed E-state index contributed by atoms with van der Waals surface area (Å²) in [6, 6.07) is 12.2. The predicted octanol–water partition coefficient (Wildman–Crippen LogP) is 3.29. The van der Waals surface area contributed by atoms with E-state index in [1.165, 1.54) is 7.11 Å². The van der Waals surface area contributed by atoms with Gasteiger partial charge in [0.2, 0.25) is 0 Å². The summed E-state index contributed by atoms with van der Waals surface area (Å²) < 4.78 is 10.3.